The molecule has 134 valence electrons. The lowest BCUT2D eigenvalue weighted by molar-refractivity contribution is -0.384. The quantitative estimate of drug-likeness (QED) is 0.655. The SMILES string of the molecule is N#CC1(NC(=O)Cn2cnc3cc([N+](=O)[O-])ccc3c2=O)CCCCC1. The first-order valence-electron chi connectivity index (χ1n) is 8.30. The summed E-state index contributed by atoms with van der Waals surface area (Å²) in [5, 5.41) is 23.2. The van der Waals surface area contributed by atoms with E-state index < -0.39 is 21.9 Å². The molecule has 9 heteroatoms. The van der Waals surface area contributed by atoms with Crippen LogP contribution in [0.5, 0.6) is 0 Å². The lowest BCUT2D eigenvalue weighted by Gasteiger charge is -2.31. The number of benzene rings is 1. The maximum Gasteiger partial charge on any atom is 0.271 e. The molecule has 1 heterocycles. The van der Waals surface area contributed by atoms with Crippen LogP contribution in [-0.4, -0.2) is 25.9 Å². The van der Waals surface area contributed by atoms with Crippen LogP contribution in [0.25, 0.3) is 10.9 Å². The Morgan fingerprint density at radius 3 is 2.77 bits per heavy atom. The highest BCUT2D eigenvalue weighted by molar-refractivity contribution is 5.81. The van der Waals surface area contributed by atoms with Crippen molar-refractivity contribution < 1.29 is 9.72 Å². The Kier molecular flexibility index (Phi) is 4.67. The summed E-state index contributed by atoms with van der Waals surface area (Å²) in [5.74, 6) is -0.432. The number of non-ortho nitro benzene ring substituents is 1. The zero-order chi connectivity index (χ0) is 18.7. The third kappa shape index (κ3) is 3.39. The van der Waals surface area contributed by atoms with E-state index in [9.17, 15) is 25.0 Å². The van der Waals surface area contributed by atoms with Crippen LogP contribution in [0.2, 0.25) is 0 Å². The van der Waals surface area contributed by atoms with Crippen LogP contribution in [0, 0.1) is 21.4 Å². The van der Waals surface area contributed by atoms with Gasteiger partial charge >= 0.3 is 0 Å². The zero-order valence-electron chi connectivity index (χ0n) is 14.0. The fraction of sp³-hybridized carbons (Fsp3) is 0.412. The van der Waals surface area contributed by atoms with Gasteiger partial charge < -0.3 is 5.32 Å². The third-order valence-electron chi connectivity index (χ3n) is 4.63. The van der Waals surface area contributed by atoms with Gasteiger partial charge in [0.25, 0.3) is 11.2 Å². The Morgan fingerprint density at radius 2 is 2.12 bits per heavy atom. The Bertz CT molecular complexity index is 969. The molecule has 1 fully saturated rings. The fourth-order valence-corrected chi connectivity index (χ4v) is 3.25. The largest absolute Gasteiger partial charge is 0.336 e. The van der Waals surface area contributed by atoms with Crippen LogP contribution in [0.3, 0.4) is 0 Å². The minimum absolute atomic E-state index is 0.159. The maximum absolute atomic E-state index is 12.5. The standard InChI is InChI=1S/C17H17N5O4/c18-10-17(6-2-1-3-7-17)20-15(23)9-21-11-19-14-8-12(22(25)26)4-5-13(14)16(21)24/h4-5,8,11H,1-3,6-7,9H2,(H,20,23). The van der Waals surface area contributed by atoms with Gasteiger partial charge in [-0.25, -0.2) is 4.98 Å². The number of carbonyl (C=O) groups is 1. The third-order valence-corrected chi connectivity index (χ3v) is 4.63. The van der Waals surface area contributed by atoms with Gasteiger partial charge in [-0.15, -0.1) is 0 Å². The highest BCUT2D eigenvalue weighted by Gasteiger charge is 2.33. The number of nitriles is 1. The van der Waals surface area contributed by atoms with Crippen molar-refractivity contribution in [2.75, 3.05) is 0 Å². The second-order valence-corrected chi connectivity index (χ2v) is 6.44. The first-order chi connectivity index (χ1) is 12.4. The number of hydrogen-bond acceptors (Lipinski definition) is 6. The summed E-state index contributed by atoms with van der Waals surface area (Å²) < 4.78 is 1.14. The summed E-state index contributed by atoms with van der Waals surface area (Å²) in [5.41, 5.74) is -1.30. The van der Waals surface area contributed by atoms with Gasteiger partial charge in [0.1, 0.15) is 12.1 Å². The number of carbonyl (C=O) groups excluding carboxylic acids is 1. The number of hydrogen-bond donors (Lipinski definition) is 1. The molecule has 1 N–H and O–H groups in total. The number of nitro benzene ring substituents is 1. The molecule has 1 aromatic heterocycles. The van der Waals surface area contributed by atoms with Crippen molar-refractivity contribution in [3.05, 3.63) is 45.0 Å². The maximum atomic E-state index is 12.5. The highest BCUT2D eigenvalue weighted by atomic mass is 16.6. The van der Waals surface area contributed by atoms with Crippen LogP contribution in [0.4, 0.5) is 5.69 Å². The van der Waals surface area contributed by atoms with Crippen molar-refractivity contribution in [1.29, 1.82) is 5.26 Å². The molecule has 2 aromatic rings. The van der Waals surface area contributed by atoms with E-state index in [0.29, 0.717) is 12.8 Å². The van der Waals surface area contributed by atoms with Crippen molar-refractivity contribution in [1.82, 2.24) is 14.9 Å². The van der Waals surface area contributed by atoms with E-state index in [1.807, 2.05) is 0 Å². The molecule has 0 atom stereocenters. The average Bonchev–Trinajstić information content (AvgIpc) is 2.64. The molecule has 1 aliphatic carbocycles. The van der Waals surface area contributed by atoms with Gasteiger partial charge in [0.15, 0.2) is 0 Å². The molecule has 0 saturated heterocycles. The monoisotopic (exact) mass is 355 g/mol. The van der Waals surface area contributed by atoms with Crippen molar-refractivity contribution in [2.45, 2.75) is 44.2 Å². The van der Waals surface area contributed by atoms with E-state index in [-0.39, 0.29) is 23.1 Å². The molecule has 0 radical (unpaired) electrons. The first-order valence-corrected chi connectivity index (χ1v) is 8.30. The number of nitro groups is 1. The second kappa shape index (κ2) is 6.92. The number of amides is 1. The Hall–Kier alpha value is -3.28. The molecule has 0 spiro atoms. The predicted molar refractivity (Wildman–Crippen MR) is 92.2 cm³/mol. The van der Waals surface area contributed by atoms with Crippen molar-refractivity contribution in [3.8, 4) is 6.07 Å². The van der Waals surface area contributed by atoms with E-state index in [0.717, 1.165) is 23.8 Å². The lowest BCUT2D eigenvalue weighted by atomic mass is 9.83. The minimum atomic E-state index is -0.871. The second-order valence-electron chi connectivity index (χ2n) is 6.44. The van der Waals surface area contributed by atoms with Crippen molar-refractivity contribution in [3.63, 3.8) is 0 Å². The van der Waals surface area contributed by atoms with Gasteiger partial charge in [0.2, 0.25) is 5.91 Å². The van der Waals surface area contributed by atoms with E-state index in [2.05, 4.69) is 16.4 Å². The lowest BCUT2D eigenvalue weighted by Crippen LogP contribution is -2.50. The van der Waals surface area contributed by atoms with E-state index in [1.54, 1.807) is 0 Å². The number of rotatable bonds is 4. The Balaban J connectivity index is 1.82. The van der Waals surface area contributed by atoms with Crippen LogP contribution >= 0.6 is 0 Å². The number of fused-ring (bicyclic) bond motifs is 1. The number of nitrogens with zero attached hydrogens (tertiary/aromatic N) is 4. The van der Waals surface area contributed by atoms with Gasteiger partial charge in [-0.3, -0.25) is 24.3 Å². The molecule has 1 amide bonds. The summed E-state index contributed by atoms with van der Waals surface area (Å²) in [7, 11) is 0. The zero-order valence-corrected chi connectivity index (χ0v) is 14.0. The Morgan fingerprint density at radius 1 is 1.38 bits per heavy atom. The molecule has 3 rings (SSSR count). The van der Waals surface area contributed by atoms with Gasteiger partial charge in [0, 0.05) is 12.1 Å². The minimum Gasteiger partial charge on any atom is -0.336 e. The molecular formula is C17H17N5O4. The van der Waals surface area contributed by atoms with E-state index >= 15 is 0 Å². The normalized spacial score (nSPS) is 16.0. The molecular weight excluding hydrogens is 338 g/mol. The van der Waals surface area contributed by atoms with Crippen molar-refractivity contribution in [2.24, 2.45) is 0 Å². The van der Waals surface area contributed by atoms with Crippen LogP contribution in [-0.2, 0) is 11.3 Å². The molecule has 26 heavy (non-hydrogen) atoms. The molecule has 9 nitrogen and oxygen atoms in total. The van der Waals surface area contributed by atoms with Gasteiger partial charge in [-0.05, 0) is 18.9 Å². The van der Waals surface area contributed by atoms with E-state index in [4.69, 9.17) is 0 Å². The van der Waals surface area contributed by atoms with Crippen LogP contribution in [0.1, 0.15) is 32.1 Å². The molecule has 0 aliphatic heterocycles. The summed E-state index contributed by atoms with van der Waals surface area (Å²) in [6.45, 7) is -0.262. The summed E-state index contributed by atoms with van der Waals surface area (Å²) in [6, 6.07) is 5.97. The Labute approximate surface area is 148 Å². The highest BCUT2D eigenvalue weighted by Crippen LogP contribution is 2.27. The first kappa shape index (κ1) is 17.5. The van der Waals surface area contributed by atoms with Gasteiger partial charge in [0.05, 0.1) is 28.2 Å². The molecule has 1 aliphatic rings. The average molecular weight is 355 g/mol. The predicted octanol–water partition coefficient (Wildman–Crippen LogP) is 1.65. The molecule has 1 aromatic carbocycles. The summed E-state index contributed by atoms with van der Waals surface area (Å²) in [4.78, 5) is 39.1. The smallest absolute Gasteiger partial charge is 0.271 e. The van der Waals surface area contributed by atoms with Crippen LogP contribution in [0.15, 0.2) is 29.3 Å². The number of nitrogens with one attached hydrogen (secondary N) is 1. The molecule has 1 saturated carbocycles. The van der Waals surface area contributed by atoms with Crippen molar-refractivity contribution >= 4 is 22.5 Å². The fourth-order valence-electron chi connectivity index (χ4n) is 3.25. The number of aromatic nitrogens is 2. The van der Waals surface area contributed by atoms with Crippen LogP contribution < -0.4 is 10.9 Å². The van der Waals surface area contributed by atoms with E-state index in [1.165, 1.54) is 24.5 Å². The molecule has 0 bridgehead atoms. The van der Waals surface area contributed by atoms with Gasteiger partial charge in [-0.1, -0.05) is 19.3 Å². The summed E-state index contributed by atoms with van der Waals surface area (Å²) in [6.07, 6.45) is 5.19. The molecule has 0 unspecified atom stereocenters. The summed E-state index contributed by atoms with van der Waals surface area (Å²) >= 11 is 0. The van der Waals surface area contributed by atoms with Gasteiger partial charge in [-0.2, -0.15) is 5.26 Å². The topological polar surface area (TPSA) is 131 Å².